The van der Waals surface area contributed by atoms with Gasteiger partial charge in [0.15, 0.2) is 11.0 Å². The molecule has 0 aliphatic carbocycles. The Balaban J connectivity index is 2.54. The van der Waals surface area contributed by atoms with Gasteiger partial charge in [-0.1, -0.05) is 11.6 Å². The molecule has 0 radical (unpaired) electrons. The van der Waals surface area contributed by atoms with Crippen LogP contribution < -0.4 is 0 Å². The molecule has 0 saturated carbocycles. The molecule has 8 heteroatoms. The van der Waals surface area contributed by atoms with Gasteiger partial charge in [0.05, 0.1) is 4.47 Å². The molecule has 0 aromatic carbocycles. The molecular weight excluding hydrogens is 299 g/mol. The zero-order chi connectivity index (χ0) is 11.7. The second-order valence-corrected chi connectivity index (χ2v) is 3.96. The Labute approximate surface area is 103 Å². The van der Waals surface area contributed by atoms with Crippen molar-refractivity contribution in [3.05, 3.63) is 33.6 Å². The topological polar surface area (TPSA) is 80.9 Å². The molecule has 0 saturated heterocycles. The van der Waals surface area contributed by atoms with Crippen molar-refractivity contribution in [1.29, 1.82) is 0 Å². The zero-order valence-electron chi connectivity index (χ0n) is 7.63. The minimum absolute atomic E-state index is 0.176. The second-order valence-electron chi connectivity index (χ2n) is 2.74. The summed E-state index contributed by atoms with van der Waals surface area (Å²) in [6.45, 7) is 0. The number of pyridine rings is 1. The average Bonchev–Trinajstić information content (AvgIpc) is 2.61. The first kappa shape index (κ1) is 11.0. The van der Waals surface area contributed by atoms with E-state index in [4.69, 9.17) is 16.7 Å². The van der Waals surface area contributed by atoms with Gasteiger partial charge < -0.3 is 5.11 Å². The predicted molar refractivity (Wildman–Crippen MR) is 58.8 cm³/mol. The SMILES string of the molecule is O=C(O)c1nn(-c2ncccc2Br)nc1Cl. The minimum Gasteiger partial charge on any atom is -0.476 e. The third-order valence-corrected chi connectivity index (χ3v) is 2.58. The number of carboxylic acid groups (broad SMARTS) is 1. The van der Waals surface area contributed by atoms with Crippen molar-refractivity contribution in [3.63, 3.8) is 0 Å². The van der Waals surface area contributed by atoms with E-state index in [2.05, 4.69) is 31.1 Å². The molecular formula is C8H4BrClN4O2. The van der Waals surface area contributed by atoms with Crippen LogP contribution in [0.2, 0.25) is 5.15 Å². The van der Waals surface area contributed by atoms with Crippen molar-refractivity contribution >= 4 is 33.5 Å². The van der Waals surface area contributed by atoms with Gasteiger partial charge in [-0.15, -0.1) is 15.0 Å². The maximum absolute atomic E-state index is 10.7. The third kappa shape index (κ3) is 1.91. The van der Waals surface area contributed by atoms with Gasteiger partial charge in [0.25, 0.3) is 0 Å². The summed E-state index contributed by atoms with van der Waals surface area (Å²) in [5.74, 6) is -0.861. The Hall–Kier alpha value is -1.47. The lowest BCUT2D eigenvalue weighted by Gasteiger charge is -1.99. The van der Waals surface area contributed by atoms with Crippen LogP contribution in [0.25, 0.3) is 5.82 Å². The number of halogens is 2. The third-order valence-electron chi connectivity index (χ3n) is 1.70. The number of aromatic nitrogens is 4. The van der Waals surface area contributed by atoms with Crippen molar-refractivity contribution in [3.8, 4) is 5.82 Å². The van der Waals surface area contributed by atoms with Gasteiger partial charge in [-0.3, -0.25) is 0 Å². The van der Waals surface area contributed by atoms with E-state index in [-0.39, 0.29) is 10.8 Å². The lowest BCUT2D eigenvalue weighted by atomic mass is 10.5. The number of aromatic carboxylic acids is 1. The monoisotopic (exact) mass is 302 g/mol. The standard InChI is InChI=1S/C8H4BrClN4O2/c9-4-2-1-3-11-7(4)14-12-5(8(15)16)6(10)13-14/h1-3H,(H,15,16). The average molecular weight is 304 g/mol. The van der Waals surface area contributed by atoms with Gasteiger partial charge in [0.1, 0.15) is 0 Å². The number of nitrogens with zero attached hydrogens (tertiary/aromatic N) is 4. The molecule has 2 aromatic rings. The first-order chi connectivity index (χ1) is 7.59. The van der Waals surface area contributed by atoms with Gasteiger partial charge in [-0.05, 0) is 28.1 Å². The Kier molecular flexibility index (Phi) is 2.88. The van der Waals surface area contributed by atoms with Gasteiger partial charge in [0.2, 0.25) is 5.69 Å². The summed E-state index contributed by atoms with van der Waals surface area (Å²) in [6, 6.07) is 3.46. The quantitative estimate of drug-likeness (QED) is 0.914. The van der Waals surface area contributed by atoms with Crippen molar-refractivity contribution in [2.24, 2.45) is 0 Å². The highest BCUT2D eigenvalue weighted by Gasteiger charge is 2.17. The highest BCUT2D eigenvalue weighted by Crippen LogP contribution is 2.18. The van der Waals surface area contributed by atoms with E-state index in [0.717, 1.165) is 4.80 Å². The fraction of sp³-hybridized carbons (Fsp3) is 0. The van der Waals surface area contributed by atoms with Gasteiger partial charge >= 0.3 is 5.97 Å². The number of carboxylic acids is 1. The molecule has 6 nitrogen and oxygen atoms in total. The zero-order valence-corrected chi connectivity index (χ0v) is 9.97. The van der Waals surface area contributed by atoms with E-state index in [0.29, 0.717) is 10.3 Å². The van der Waals surface area contributed by atoms with Crippen molar-refractivity contribution in [1.82, 2.24) is 20.0 Å². The summed E-state index contributed by atoms with van der Waals surface area (Å²) in [5, 5.41) is 16.1. The molecule has 2 aromatic heterocycles. The van der Waals surface area contributed by atoms with Crippen molar-refractivity contribution in [2.45, 2.75) is 0 Å². The molecule has 0 aliphatic heterocycles. The van der Waals surface area contributed by atoms with E-state index in [1.54, 1.807) is 12.1 Å². The van der Waals surface area contributed by atoms with E-state index >= 15 is 0 Å². The highest BCUT2D eigenvalue weighted by molar-refractivity contribution is 9.10. The molecule has 0 spiro atoms. The van der Waals surface area contributed by atoms with Crippen LogP contribution in [0.3, 0.4) is 0 Å². The Morgan fingerprint density at radius 2 is 2.25 bits per heavy atom. The van der Waals surface area contributed by atoms with Crippen LogP contribution in [-0.2, 0) is 0 Å². The maximum Gasteiger partial charge on any atom is 0.359 e. The number of carbonyl (C=O) groups is 1. The number of rotatable bonds is 2. The minimum atomic E-state index is -1.23. The summed E-state index contributed by atoms with van der Waals surface area (Å²) >= 11 is 8.87. The molecule has 2 heterocycles. The molecule has 16 heavy (non-hydrogen) atoms. The summed E-state index contributed by atoms with van der Waals surface area (Å²) in [7, 11) is 0. The normalized spacial score (nSPS) is 10.4. The fourth-order valence-electron chi connectivity index (χ4n) is 1.04. The van der Waals surface area contributed by atoms with Crippen LogP contribution in [-0.4, -0.2) is 31.1 Å². The summed E-state index contributed by atoms with van der Waals surface area (Å²) in [5.41, 5.74) is -0.306. The van der Waals surface area contributed by atoms with Gasteiger partial charge in [-0.25, -0.2) is 9.78 Å². The van der Waals surface area contributed by atoms with Crippen molar-refractivity contribution in [2.75, 3.05) is 0 Å². The van der Waals surface area contributed by atoms with E-state index in [9.17, 15) is 4.79 Å². The van der Waals surface area contributed by atoms with E-state index in [1.807, 2.05) is 0 Å². The molecule has 0 bridgehead atoms. The molecule has 0 aliphatic rings. The molecule has 0 atom stereocenters. The fourth-order valence-corrected chi connectivity index (χ4v) is 1.64. The van der Waals surface area contributed by atoms with Crippen LogP contribution in [0.4, 0.5) is 0 Å². The van der Waals surface area contributed by atoms with Crippen LogP contribution >= 0.6 is 27.5 Å². The van der Waals surface area contributed by atoms with Gasteiger partial charge in [0, 0.05) is 6.20 Å². The molecule has 2 rings (SSSR count). The molecule has 0 unspecified atom stereocenters. The van der Waals surface area contributed by atoms with E-state index < -0.39 is 5.97 Å². The second kappa shape index (κ2) is 4.18. The summed E-state index contributed by atoms with van der Waals surface area (Å²) < 4.78 is 0.638. The van der Waals surface area contributed by atoms with Crippen LogP contribution in [0.1, 0.15) is 10.5 Å². The first-order valence-electron chi connectivity index (χ1n) is 4.06. The van der Waals surface area contributed by atoms with Crippen LogP contribution in [0, 0.1) is 0 Å². The Morgan fingerprint density at radius 3 is 2.81 bits per heavy atom. The number of hydrogen-bond donors (Lipinski definition) is 1. The lowest BCUT2D eigenvalue weighted by Crippen LogP contribution is -2.04. The van der Waals surface area contributed by atoms with Crippen LogP contribution in [0.15, 0.2) is 22.8 Å². The number of hydrogen-bond acceptors (Lipinski definition) is 4. The predicted octanol–water partition coefficient (Wildman–Crippen LogP) is 1.78. The van der Waals surface area contributed by atoms with E-state index in [1.165, 1.54) is 6.20 Å². The molecule has 1 N–H and O–H groups in total. The molecule has 0 amide bonds. The Bertz CT molecular complexity index is 557. The van der Waals surface area contributed by atoms with Crippen LogP contribution in [0.5, 0.6) is 0 Å². The summed E-state index contributed by atoms with van der Waals surface area (Å²) in [4.78, 5) is 15.8. The van der Waals surface area contributed by atoms with Gasteiger partial charge in [-0.2, -0.15) is 0 Å². The largest absolute Gasteiger partial charge is 0.476 e. The maximum atomic E-state index is 10.7. The lowest BCUT2D eigenvalue weighted by molar-refractivity contribution is 0.0690. The first-order valence-corrected chi connectivity index (χ1v) is 5.23. The smallest absolute Gasteiger partial charge is 0.359 e. The summed E-state index contributed by atoms with van der Waals surface area (Å²) in [6.07, 6.45) is 1.54. The molecule has 0 fully saturated rings. The Morgan fingerprint density at radius 1 is 1.50 bits per heavy atom. The molecule has 82 valence electrons. The highest BCUT2D eigenvalue weighted by atomic mass is 79.9. The van der Waals surface area contributed by atoms with Crippen molar-refractivity contribution < 1.29 is 9.90 Å².